The molecule has 0 amide bonds. The fourth-order valence-corrected chi connectivity index (χ4v) is 1.02. The first-order valence-corrected chi connectivity index (χ1v) is 4.20. The molecule has 76 valence electrons. The van der Waals surface area contributed by atoms with E-state index in [0.29, 0.717) is 5.75 Å². The van der Waals surface area contributed by atoms with Crippen molar-refractivity contribution in [1.29, 1.82) is 0 Å². The molecule has 1 aromatic heterocycles. The average Bonchev–Trinajstić information content (AvgIpc) is 2.66. The van der Waals surface area contributed by atoms with Crippen LogP contribution in [0, 0.1) is 0 Å². The Morgan fingerprint density at radius 2 is 2.07 bits per heavy atom. The second kappa shape index (κ2) is 3.79. The Labute approximate surface area is 85.3 Å². The average molecular weight is 204 g/mol. The smallest absolute Gasteiger partial charge is 0.409 e. The minimum atomic E-state index is -0.684. The van der Waals surface area contributed by atoms with Gasteiger partial charge in [-0.15, -0.1) is 9.78 Å². The Bertz CT molecular complexity index is 466. The summed E-state index contributed by atoms with van der Waals surface area (Å²) < 4.78 is 5.86. The van der Waals surface area contributed by atoms with Crippen LogP contribution in [0.2, 0.25) is 0 Å². The van der Waals surface area contributed by atoms with E-state index >= 15 is 0 Å². The maximum atomic E-state index is 11.5. The maximum Gasteiger partial charge on any atom is 0.443 e. The van der Waals surface area contributed by atoms with Gasteiger partial charge in [0.1, 0.15) is 12.1 Å². The largest absolute Gasteiger partial charge is 0.443 e. The van der Waals surface area contributed by atoms with Crippen LogP contribution in [0.5, 0.6) is 5.75 Å². The van der Waals surface area contributed by atoms with Crippen molar-refractivity contribution < 1.29 is 9.53 Å². The van der Waals surface area contributed by atoms with Gasteiger partial charge in [0.25, 0.3) is 0 Å². The molecule has 0 bridgehead atoms. The molecule has 0 aliphatic rings. The highest BCUT2D eigenvalue weighted by molar-refractivity contribution is 5.74. The number of carbonyl (C=O) groups excluding carboxylic acids is 1. The van der Waals surface area contributed by atoms with Crippen molar-refractivity contribution in [3.05, 3.63) is 36.7 Å². The van der Waals surface area contributed by atoms with Gasteiger partial charge in [0.15, 0.2) is 0 Å². The van der Waals surface area contributed by atoms with Crippen LogP contribution >= 0.6 is 0 Å². The van der Waals surface area contributed by atoms with Crippen molar-refractivity contribution >= 4 is 12.0 Å². The monoisotopic (exact) mass is 204 g/mol. The predicted molar refractivity (Wildman–Crippen MR) is 52.3 cm³/mol. The Hall–Kier alpha value is -2.37. The van der Waals surface area contributed by atoms with E-state index in [1.165, 1.54) is 6.33 Å². The number of nitrogens with two attached hydrogens (primary N) is 1. The van der Waals surface area contributed by atoms with E-state index in [1.807, 2.05) is 6.07 Å². The molecule has 0 saturated carbocycles. The Balaban J connectivity index is 2.15. The molecule has 6 heteroatoms. The molecule has 2 aromatic rings. The van der Waals surface area contributed by atoms with Crippen molar-refractivity contribution in [3.8, 4) is 5.75 Å². The summed E-state index contributed by atoms with van der Waals surface area (Å²) in [5.74, 6) is 0.424. The number of para-hydroxylation sites is 1. The third-order valence-corrected chi connectivity index (χ3v) is 1.70. The van der Waals surface area contributed by atoms with Crippen LogP contribution in [0.15, 0.2) is 36.7 Å². The molecule has 0 radical (unpaired) electrons. The molecule has 1 heterocycles. The molecule has 0 unspecified atom stereocenters. The second-order valence-corrected chi connectivity index (χ2v) is 2.71. The lowest BCUT2D eigenvalue weighted by Crippen LogP contribution is -2.20. The number of anilines is 1. The molecule has 0 saturated heterocycles. The number of hydrogen-bond acceptors (Lipinski definition) is 5. The SMILES string of the molecule is Nc1ncnn1C(=O)Oc1ccccc1. The molecule has 1 aromatic carbocycles. The van der Waals surface area contributed by atoms with E-state index in [1.54, 1.807) is 24.3 Å². The highest BCUT2D eigenvalue weighted by atomic mass is 16.6. The molecular formula is C9H8N4O2. The predicted octanol–water partition coefficient (Wildman–Crippen LogP) is 0.907. The van der Waals surface area contributed by atoms with Crippen molar-refractivity contribution in [2.24, 2.45) is 0 Å². The van der Waals surface area contributed by atoms with Crippen LogP contribution in [0.4, 0.5) is 10.7 Å². The van der Waals surface area contributed by atoms with Crippen LogP contribution in [-0.4, -0.2) is 20.9 Å². The minimum absolute atomic E-state index is 0.00377. The molecule has 0 spiro atoms. The summed E-state index contributed by atoms with van der Waals surface area (Å²) in [5.41, 5.74) is 5.38. The third-order valence-electron chi connectivity index (χ3n) is 1.70. The summed E-state index contributed by atoms with van der Waals surface area (Å²) >= 11 is 0. The van der Waals surface area contributed by atoms with Gasteiger partial charge in [-0.3, -0.25) is 0 Å². The van der Waals surface area contributed by atoms with Crippen LogP contribution in [-0.2, 0) is 0 Å². The first-order chi connectivity index (χ1) is 7.27. The summed E-state index contributed by atoms with van der Waals surface area (Å²) in [5, 5.41) is 3.62. The summed E-state index contributed by atoms with van der Waals surface area (Å²) in [6.07, 6.45) is 0.498. The van der Waals surface area contributed by atoms with Crippen LogP contribution < -0.4 is 10.5 Å². The molecule has 15 heavy (non-hydrogen) atoms. The topological polar surface area (TPSA) is 83.0 Å². The van der Waals surface area contributed by atoms with Crippen molar-refractivity contribution in [2.75, 3.05) is 5.73 Å². The summed E-state index contributed by atoms with van der Waals surface area (Å²) in [4.78, 5) is 15.1. The molecule has 0 fully saturated rings. The maximum absolute atomic E-state index is 11.5. The molecule has 6 nitrogen and oxygen atoms in total. The number of nitrogen functional groups attached to an aromatic ring is 1. The first-order valence-electron chi connectivity index (χ1n) is 4.20. The lowest BCUT2D eigenvalue weighted by atomic mass is 10.3. The third kappa shape index (κ3) is 1.93. The van der Waals surface area contributed by atoms with Gasteiger partial charge in [-0.05, 0) is 12.1 Å². The number of carbonyl (C=O) groups is 1. The van der Waals surface area contributed by atoms with Gasteiger partial charge < -0.3 is 10.5 Å². The van der Waals surface area contributed by atoms with Gasteiger partial charge >= 0.3 is 6.09 Å². The van der Waals surface area contributed by atoms with Crippen molar-refractivity contribution in [2.45, 2.75) is 0 Å². The molecule has 0 atom stereocenters. The van der Waals surface area contributed by atoms with Crippen molar-refractivity contribution in [3.63, 3.8) is 0 Å². The van der Waals surface area contributed by atoms with Gasteiger partial charge in [0.05, 0.1) is 0 Å². The highest BCUT2D eigenvalue weighted by Crippen LogP contribution is 2.09. The quantitative estimate of drug-likeness (QED) is 0.746. The normalized spacial score (nSPS) is 9.87. The molecule has 0 aliphatic heterocycles. The fourth-order valence-electron chi connectivity index (χ4n) is 1.02. The first kappa shape index (κ1) is 9.20. The zero-order valence-electron chi connectivity index (χ0n) is 7.70. The molecule has 2 N–H and O–H groups in total. The number of benzene rings is 1. The van der Waals surface area contributed by atoms with Gasteiger partial charge in [-0.2, -0.15) is 4.98 Å². The lowest BCUT2D eigenvalue weighted by molar-refractivity contribution is 0.199. The van der Waals surface area contributed by atoms with E-state index < -0.39 is 6.09 Å². The molecule has 2 rings (SSSR count). The summed E-state index contributed by atoms with van der Waals surface area (Å²) in [6, 6.07) is 8.65. The lowest BCUT2D eigenvalue weighted by Gasteiger charge is -2.03. The Morgan fingerprint density at radius 3 is 2.67 bits per heavy atom. The number of nitrogens with zero attached hydrogens (tertiary/aromatic N) is 3. The summed E-state index contributed by atoms with van der Waals surface area (Å²) in [6.45, 7) is 0. The van der Waals surface area contributed by atoms with Gasteiger partial charge in [0.2, 0.25) is 5.95 Å². The van der Waals surface area contributed by atoms with Gasteiger partial charge in [0, 0.05) is 0 Å². The zero-order chi connectivity index (χ0) is 10.7. The zero-order valence-corrected chi connectivity index (χ0v) is 7.70. The van der Waals surface area contributed by atoms with E-state index in [2.05, 4.69) is 10.1 Å². The van der Waals surface area contributed by atoms with Crippen LogP contribution in [0.25, 0.3) is 0 Å². The van der Waals surface area contributed by atoms with Crippen LogP contribution in [0.3, 0.4) is 0 Å². The van der Waals surface area contributed by atoms with Gasteiger partial charge in [-0.25, -0.2) is 4.79 Å². The van der Waals surface area contributed by atoms with E-state index in [-0.39, 0.29) is 5.95 Å². The van der Waals surface area contributed by atoms with Crippen LogP contribution in [0.1, 0.15) is 0 Å². The van der Waals surface area contributed by atoms with Crippen molar-refractivity contribution in [1.82, 2.24) is 14.8 Å². The number of ether oxygens (including phenoxy) is 1. The van der Waals surface area contributed by atoms with Gasteiger partial charge in [-0.1, -0.05) is 18.2 Å². The molecular weight excluding hydrogens is 196 g/mol. The molecule has 0 aliphatic carbocycles. The van der Waals surface area contributed by atoms with E-state index in [9.17, 15) is 4.79 Å². The fraction of sp³-hybridized carbons (Fsp3) is 0. The minimum Gasteiger partial charge on any atom is -0.409 e. The standard InChI is InChI=1S/C9H8N4O2/c10-8-11-6-12-13(8)9(14)15-7-4-2-1-3-5-7/h1-6H,(H2,10,11,12). The number of rotatable bonds is 1. The second-order valence-electron chi connectivity index (χ2n) is 2.71. The Kier molecular flexibility index (Phi) is 2.32. The Morgan fingerprint density at radius 1 is 1.33 bits per heavy atom. The van der Waals surface area contributed by atoms with E-state index in [0.717, 1.165) is 4.68 Å². The highest BCUT2D eigenvalue weighted by Gasteiger charge is 2.11. The van der Waals surface area contributed by atoms with E-state index in [4.69, 9.17) is 10.5 Å². The summed E-state index contributed by atoms with van der Waals surface area (Å²) in [7, 11) is 0. The number of aromatic nitrogens is 3. The number of hydrogen-bond donors (Lipinski definition) is 1.